The normalized spacial score (nSPS) is 21.8. The van der Waals surface area contributed by atoms with Gasteiger partial charge in [0.1, 0.15) is 0 Å². The van der Waals surface area contributed by atoms with Crippen molar-refractivity contribution in [3.05, 3.63) is 0 Å². The van der Waals surface area contributed by atoms with Crippen LogP contribution in [0.2, 0.25) is 0 Å². The largest absolute Gasteiger partial charge is 0.356 e. The van der Waals surface area contributed by atoms with Gasteiger partial charge in [0.25, 0.3) is 0 Å². The van der Waals surface area contributed by atoms with Gasteiger partial charge in [0.15, 0.2) is 0 Å². The summed E-state index contributed by atoms with van der Waals surface area (Å²) in [6, 6.07) is 0. The number of carbonyl (C=O) groups is 1. The first-order valence-corrected chi connectivity index (χ1v) is 12.0. The van der Waals surface area contributed by atoms with E-state index in [0.717, 1.165) is 32.4 Å². The fourth-order valence-corrected chi connectivity index (χ4v) is 5.97. The average Bonchev–Trinajstić information content (AvgIpc) is 3.12. The Labute approximate surface area is 159 Å². The minimum absolute atomic E-state index is 0.0405. The third-order valence-corrected chi connectivity index (χ3v) is 7.79. The van der Waals surface area contributed by atoms with E-state index in [-0.39, 0.29) is 23.5 Å². The molecule has 6 nitrogen and oxygen atoms in total. The van der Waals surface area contributed by atoms with Gasteiger partial charge in [0, 0.05) is 25.6 Å². The molecule has 0 saturated carbocycles. The number of rotatable bonds is 10. The average molecular weight is 388 g/mol. The van der Waals surface area contributed by atoms with Crippen molar-refractivity contribution in [2.75, 3.05) is 45.0 Å². The molecule has 2 aliphatic rings. The highest BCUT2D eigenvalue weighted by atomic mass is 32.2. The Morgan fingerprint density at radius 2 is 1.81 bits per heavy atom. The third kappa shape index (κ3) is 6.82. The number of piperidine rings is 1. The van der Waals surface area contributed by atoms with E-state index in [2.05, 4.69) is 17.1 Å². The quantitative estimate of drug-likeness (QED) is 0.583. The first-order chi connectivity index (χ1) is 12.4. The van der Waals surface area contributed by atoms with Crippen LogP contribution < -0.4 is 5.32 Å². The molecule has 152 valence electrons. The Bertz CT molecular complexity index is 524. The molecule has 2 rings (SSSR count). The lowest BCUT2D eigenvalue weighted by molar-refractivity contribution is -0.126. The maximum absolute atomic E-state index is 12.5. The Kier molecular flexibility index (Phi) is 8.84. The molecule has 2 saturated heterocycles. The molecule has 0 radical (unpaired) electrons. The van der Waals surface area contributed by atoms with Crippen molar-refractivity contribution >= 4 is 15.9 Å². The van der Waals surface area contributed by atoms with Gasteiger partial charge < -0.3 is 10.2 Å². The molecule has 1 N–H and O–H groups in total. The fraction of sp³-hybridized carbons (Fsp3) is 0.947. The number of nitrogens with zero attached hydrogens (tertiary/aromatic N) is 2. The van der Waals surface area contributed by atoms with Crippen LogP contribution in [0.1, 0.15) is 58.8 Å². The van der Waals surface area contributed by atoms with Crippen LogP contribution in [0.5, 0.6) is 0 Å². The summed E-state index contributed by atoms with van der Waals surface area (Å²) in [4.78, 5) is 14.8. The lowest BCUT2D eigenvalue weighted by atomic mass is 9.97. The number of carbonyl (C=O) groups excluding carboxylic acids is 1. The Morgan fingerprint density at radius 1 is 1.15 bits per heavy atom. The van der Waals surface area contributed by atoms with E-state index in [9.17, 15) is 13.2 Å². The second-order valence-corrected chi connectivity index (χ2v) is 10.1. The van der Waals surface area contributed by atoms with Crippen molar-refractivity contribution in [1.82, 2.24) is 14.5 Å². The maximum Gasteiger partial charge on any atom is 0.223 e. The van der Waals surface area contributed by atoms with Gasteiger partial charge in [-0.1, -0.05) is 20.3 Å². The summed E-state index contributed by atoms with van der Waals surface area (Å²) in [7, 11) is -3.19. The highest BCUT2D eigenvalue weighted by molar-refractivity contribution is 7.89. The van der Waals surface area contributed by atoms with Gasteiger partial charge in [-0.05, 0) is 64.1 Å². The zero-order valence-corrected chi connectivity index (χ0v) is 17.4. The van der Waals surface area contributed by atoms with E-state index in [1.165, 1.54) is 25.9 Å². The molecule has 2 fully saturated rings. The van der Waals surface area contributed by atoms with Crippen LogP contribution in [-0.4, -0.2) is 68.6 Å². The maximum atomic E-state index is 12.5. The topological polar surface area (TPSA) is 69.7 Å². The fourth-order valence-electron chi connectivity index (χ4n) is 4.10. The third-order valence-electron chi connectivity index (χ3n) is 5.64. The zero-order chi connectivity index (χ0) is 19.0. The summed E-state index contributed by atoms with van der Waals surface area (Å²) in [6.45, 7) is 9.21. The second kappa shape index (κ2) is 10.6. The van der Waals surface area contributed by atoms with Crippen LogP contribution in [0.3, 0.4) is 0 Å². The molecule has 0 aromatic rings. The van der Waals surface area contributed by atoms with Crippen LogP contribution in [-0.2, 0) is 14.8 Å². The molecule has 0 aromatic carbocycles. The summed E-state index contributed by atoms with van der Waals surface area (Å²) < 4.78 is 26.6. The predicted octanol–water partition coefficient (Wildman–Crippen LogP) is 2.07. The summed E-state index contributed by atoms with van der Waals surface area (Å²) in [5, 5.41) is 3.05. The first kappa shape index (κ1) is 21.6. The second-order valence-electron chi connectivity index (χ2n) is 8.04. The van der Waals surface area contributed by atoms with E-state index in [0.29, 0.717) is 25.9 Å². The molecule has 0 aliphatic carbocycles. The molecule has 1 amide bonds. The van der Waals surface area contributed by atoms with E-state index in [1.807, 2.05) is 6.92 Å². The van der Waals surface area contributed by atoms with Crippen molar-refractivity contribution in [3.8, 4) is 0 Å². The van der Waals surface area contributed by atoms with Gasteiger partial charge in [-0.25, -0.2) is 12.7 Å². The standard InChI is InChI=1S/C19H37N3O3S/c1-3-7-17(2)16-26(24,25)22-14-8-18(9-15-22)19(23)20-10-6-13-21-11-4-5-12-21/h17-18H,3-16H2,1-2H3,(H,20,23). The molecule has 7 heteroatoms. The summed E-state index contributed by atoms with van der Waals surface area (Å²) in [5.41, 5.74) is 0. The highest BCUT2D eigenvalue weighted by Crippen LogP contribution is 2.22. The van der Waals surface area contributed by atoms with Crippen LogP contribution in [0, 0.1) is 11.8 Å². The van der Waals surface area contributed by atoms with Gasteiger partial charge in [-0.2, -0.15) is 0 Å². The molecule has 0 aromatic heterocycles. The van der Waals surface area contributed by atoms with Crippen molar-refractivity contribution < 1.29 is 13.2 Å². The van der Waals surface area contributed by atoms with E-state index >= 15 is 0 Å². The molecule has 2 heterocycles. The van der Waals surface area contributed by atoms with Crippen LogP contribution in [0.4, 0.5) is 0 Å². The molecule has 1 atom stereocenters. The molecule has 2 aliphatic heterocycles. The number of nitrogens with one attached hydrogen (secondary N) is 1. The van der Waals surface area contributed by atoms with Crippen molar-refractivity contribution in [2.45, 2.75) is 58.8 Å². The van der Waals surface area contributed by atoms with Gasteiger partial charge in [-0.15, -0.1) is 0 Å². The molecular weight excluding hydrogens is 350 g/mol. The summed E-state index contributed by atoms with van der Waals surface area (Å²) in [6.07, 6.45) is 6.81. The number of hydrogen-bond donors (Lipinski definition) is 1. The van der Waals surface area contributed by atoms with Gasteiger partial charge in [-0.3, -0.25) is 4.79 Å². The van der Waals surface area contributed by atoms with E-state index in [1.54, 1.807) is 4.31 Å². The number of amides is 1. The highest BCUT2D eigenvalue weighted by Gasteiger charge is 2.31. The van der Waals surface area contributed by atoms with Crippen molar-refractivity contribution in [3.63, 3.8) is 0 Å². The molecule has 0 bridgehead atoms. The SMILES string of the molecule is CCCC(C)CS(=O)(=O)N1CCC(C(=O)NCCCN2CCCC2)CC1. The Balaban J connectivity index is 1.65. The molecular formula is C19H37N3O3S. The van der Waals surface area contributed by atoms with E-state index in [4.69, 9.17) is 0 Å². The van der Waals surface area contributed by atoms with Crippen molar-refractivity contribution in [2.24, 2.45) is 11.8 Å². The molecule has 0 spiro atoms. The first-order valence-electron chi connectivity index (χ1n) is 10.4. The number of hydrogen-bond acceptors (Lipinski definition) is 4. The zero-order valence-electron chi connectivity index (χ0n) is 16.6. The Morgan fingerprint density at radius 3 is 2.42 bits per heavy atom. The lowest BCUT2D eigenvalue weighted by Gasteiger charge is -2.31. The van der Waals surface area contributed by atoms with Gasteiger partial charge >= 0.3 is 0 Å². The molecule has 1 unspecified atom stereocenters. The van der Waals surface area contributed by atoms with Crippen LogP contribution >= 0.6 is 0 Å². The van der Waals surface area contributed by atoms with Crippen LogP contribution in [0.15, 0.2) is 0 Å². The van der Waals surface area contributed by atoms with Gasteiger partial charge in [0.05, 0.1) is 5.75 Å². The minimum Gasteiger partial charge on any atom is -0.356 e. The molecule has 26 heavy (non-hydrogen) atoms. The predicted molar refractivity (Wildman–Crippen MR) is 105 cm³/mol. The van der Waals surface area contributed by atoms with Gasteiger partial charge in [0.2, 0.25) is 15.9 Å². The monoisotopic (exact) mass is 387 g/mol. The summed E-state index contributed by atoms with van der Waals surface area (Å²) >= 11 is 0. The minimum atomic E-state index is -3.19. The van der Waals surface area contributed by atoms with Crippen LogP contribution in [0.25, 0.3) is 0 Å². The summed E-state index contributed by atoms with van der Waals surface area (Å²) in [5.74, 6) is 0.486. The number of likely N-dealkylation sites (tertiary alicyclic amines) is 1. The van der Waals surface area contributed by atoms with Crippen molar-refractivity contribution in [1.29, 1.82) is 0 Å². The Hall–Kier alpha value is -0.660. The lowest BCUT2D eigenvalue weighted by Crippen LogP contribution is -2.44. The number of sulfonamides is 1. The smallest absolute Gasteiger partial charge is 0.223 e. The van der Waals surface area contributed by atoms with E-state index < -0.39 is 10.0 Å².